The standard InChI is InChI=1S/C19H15ClFN5O2/c1-11(27)23-12-3-2-4-13(9-12)24-18(28)17-7-8-22-19(26-17)25-14-5-6-16(21)15(20)10-14/h2-10H,1H3,(H,23,27)(H,24,28)(H,22,25,26). The van der Waals surface area contributed by atoms with Gasteiger partial charge in [-0.05, 0) is 42.5 Å². The van der Waals surface area contributed by atoms with E-state index >= 15 is 0 Å². The van der Waals surface area contributed by atoms with E-state index in [9.17, 15) is 14.0 Å². The number of halogens is 2. The van der Waals surface area contributed by atoms with E-state index in [0.29, 0.717) is 17.1 Å². The van der Waals surface area contributed by atoms with Crippen LogP contribution in [-0.4, -0.2) is 21.8 Å². The second-order valence-electron chi connectivity index (χ2n) is 5.74. The van der Waals surface area contributed by atoms with Crippen LogP contribution in [0.1, 0.15) is 17.4 Å². The lowest BCUT2D eigenvalue weighted by atomic mass is 10.2. The van der Waals surface area contributed by atoms with Gasteiger partial charge in [-0.25, -0.2) is 14.4 Å². The van der Waals surface area contributed by atoms with E-state index in [1.807, 2.05) is 0 Å². The molecule has 0 aliphatic rings. The third-order valence-corrected chi connectivity index (χ3v) is 3.79. The largest absolute Gasteiger partial charge is 0.326 e. The normalized spacial score (nSPS) is 10.2. The number of amides is 2. The van der Waals surface area contributed by atoms with Crippen molar-refractivity contribution in [1.82, 2.24) is 9.97 Å². The molecule has 0 aliphatic heterocycles. The fraction of sp³-hybridized carbons (Fsp3) is 0.0526. The van der Waals surface area contributed by atoms with Crippen LogP contribution < -0.4 is 16.0 Å². The summed E-state index contributed by atoms with van der Waals surface area (Å²) in [7, 11) is 0. The summed E-state index contributed by atoms with van der Waals surface area (Å²) in [5.41, 5.74) is 1.65. The van der Waals surface area contributed by atoms with Crippen molar-refractivity contribution in [2.75, 3.05) is 16.0 Å². The molecule has 0 bridgehead atoms. The predicted molar refractivity (Wildman–Crippen MR) is 105 cm³/mol. The second kappa shape index (κ2) is 8.45. The maximum absolute atomic E-state index is 13.2. The highest BCUT2D eigenvalue weighted by Gasteiger charge is 2.11. The van der Waals surface area contributed by atoms with E-state index in [4.69, 9.17) is 11.6 Å². The van der Waals surface area contributed by atoms with Crippen molar-refractivity contribution in [2.24, 2.45) is 0 Å². The van der Waals surface area contributed by atoms with E-state index in [-0.39, 0.29) is 22.6 Å². The Morgan fingerprint density at radius 1 is 1.00 bits per heavy atom. The molecule has 1 aromatic heterocycles. The molecule has 0 radical (unpaired) electrons. The topological polar surface area (TPSA) is 96.0 Å². The molecule has 2 amide bonds. The Balaban J connectivity index is 1.73. The second-order valence-corrected chi connectivity index (χ2v) is 6.14. The molecular formula is C19H15ClFN5O2. The molecule has 142 valence electrons. The van der Waals surface area contributed by atoms with Gasteiger partial charge in [0, 0.05) is 30.2 Å². The number of aromatic nitrogens is 2. The van der Waals surface area contributed by atoms with Gasteiger partial charge in [-0.3, -0.25) is 9.59 Å². The predicted octanol–water partition coefficient (Wildman–Crippen LogP) is 4.22. The zero-order valence-electron chi connectivity index (χ0n) is 14.7. The summed E-state index contributed by atoms with van der Waals surface area (Å²) in [5.74, 6) is -1.05. The Morgan fingerprint density at radius 3 is 2.46 bits per heavy atom. The molecule has 0 saturated heterocycles. The molecule has 0 aliphatic carbocycles. The van der Waals surface area contributed by atoms with Gasteiger partial charge in [0.15, 0.2) is 0 Å². The summed E-state index contributed by atoms with van der Waals surface area (Å²) in [6.45, 7) is 1.40. The van der Waals surface area contributed by atoms with Gasteiger partial charge in [-0.1, -0.05) is 17.7 Å². The molecule has 3 N–H and O–H groups in total. The number of carbonyl (C=O) groups excluding carboxylic acids is 2. The van der Waals surface area contributed by atoms with Gasteiger partial charge in [0.25, 0.3) is 5.91 Å². The Kier molecular flexibility index (Phi) is 5.81. The van der Waals surface area contributed by atoms with Crippen molar-refractivity contribution in [3.05, 3.63) is 71.3 Å². The van der Waals surface area contributed by atoms with Crippen molar-refractivity contribution in [2.45, 2.75) is 6.92 Å². The third-order valence-electron chi connectivity index (χ3n) is 3.50. The summed E-state index contributed by atoms with van der Waals surface area (Å²) in [4.78, 5) is 31.8. The first kappa shape index (κ1) is 19.2. The Bertz CT molecular complexity index is 1040. The maximum Gasteiger partial charge on any atom is 0.274 e. The zero-order valence-corrected chi connectivity index (χ0v) is 15.4. The number of carbonyl (C=O) groups is 2. The van der Waals surface area contributed by atoms with Crippen LogP contribution in [0.4, 0.5) is 27.4 Å². The van der Waals surface area contributed by atoms with Gasteiger partial charge in [0.2, 0.25) is 11.9 Å². The molecular weight excluding hydrogens is 385 g/mol. The molecule has 3 aromatic rings. The van der Waals surface area contributed by atoms with Crippen molar-refractivity contribution in [1.29, 1.82) is 0 Å². The van der Waals surface area contributed by atoms with Crippen LogP contribution in [0.5, 0.6) is 0 Å². The lowest BCUT2D eigenvalue weighted by molar-refractivity contribution is -0.114. The minimum atomic E-state index is -0.539. The lowest BCUT2D eigenvalue weighted by Crippen LogP contribution is -2.15. The van der Waals surface area contributed by atoms with Crippen molar-refractivity contribution in [3.63, 3.8) is 0 Å². The Hall–Kier alpha value is -3.52. The average molecular weight is 400 g/mol. The van der Waals surface area contributed by atoms with Crippen molar-refractivity contribution >= 4 is 46.4 Å². The van der Waals surface area contributed by atoms with Crippen LogP contribution in [-0.2, 0) is 4.79 Å². The van der Waals surface area contributed by atoms with E-state index in [2.05, 4.69) is 25.9 Å². The summed E-state index contributed by atoms with van der Waals surface area (Å²) in [5, 5.41) is 8.16. The molecule has 2 aromatic carbocycles. The molecule has 0 fully saturated rings. The van der Waals surface area contributed by atoms with Crippen LogP contribution in [0.3, 0.4) is 0 Å². The number of hydrogen-bond acceptors (Lipinski definition) is 5. The fourth-order valence-corrected chi connectivity index (χ4v) is 2.50. The van der Waals surface area contributed by atoms with Crippen molar-refractivity contribution < 1.29 is 14.0 Å². The number of rotatable bonds is 5. The quantitative estimate of drug-likeness (QED) is 0.596. The molecule has 7 nitrogen and oxygen atoms in total. The summed E-state index contributed by atoms with van der Waals surface area (Å²) < 4.78 is 13.2. The number of nitrogens with zero attached hydrogens (tertiary/aromatic N) is 2. The molecule has 3 rings (SSSR count). The zero-order chi connectivity index (χ0) is 20.1. The first-order valence-corrected chi connectivity index (χ1v) is 8.52. The Morgan fingerprint density at radius 2 is 1.75 bits per heavy atom. The SMILES string of the molecule is CC(=O)Nc1cccc(NC(=O)c2ccnc(Nc3ccc(F)c(Cl)c3)n2)c1. The van der Waals surface area contributed by atoms with Gasteiger partial charge >= 0.3 is 0 Å². The molecule has 0 atom stereocenters. The molecule has 0 unspecified atom stereocenters. The monoisotopic (exact) mass is 399 g/mol. The lowest BCUT2D eigenvalue weighted by Gasteiger charge is -2.09. The number of nitrogens with one attached hydrogen (secondary N) is 3. The van der Waals surface area contributed by atoms with Crippen LogP contribution >= 0.6 is 11.6 Å². The van der Waals surface area contributed by atoms with Crippen LogP contribution in [0.15, 0.2) is 54.7 Å². The number of hydrogen-bond donors (Lipinski definition) is 3. The van der Waals surface area contributed by atoms with E-state index in [1.54, 1.807) is 24.3 Å². The van der Waals surface area contributed by atoms with Gasteiger partial charge in [0.1, 0.15) is 11.5 Å². The van der Waals surface area contributed by atoms with Crippen LogP contribution in [0, 0.1) is 5.82 Å². The Labute approximate surface area is 165 Å². The summed E-state index contributed by atoms with van der Waals surface area (Å²) >= 11 is 5.75. The first-order chi connectivity index (χ1) is 13.4. The fourth-order valence-electron chi connectivity index (χ4n) is 2.32. The highest BCUT2D eigenvalue weighted by Crippen LogP contribution is 2.21. The van der Waals surface area contributed by atoms with E-state index in [0.717, 1.165) is 0 Å². The summed E-state index contributed by atoms with van der Waals surface area (Å²) in [6.07, 6.45) is 1.42. The average Bonchev–Trinajstić information content (AvgIpc) is 2.65. The third kappa shape index (κ3) is 5.01. The van der Waals surface area contributed by atoms with Gasteiger partial charge in [-0.15, -0.1) is 0 Å². The van der Waals surface area contributed by atoms with Crippen LogP contribution in [0.2, 0.25) is 5.02 Å². The molecule has 9 heteroatoms. The summed E-state index contributed by atoms with van der Waals surface area (Å²) in [6, 6.07) is 12.2. The molecule has 1 heterocycles. The highest BCUT2D eigenvalue weighted by atomic mass is 35.5. The molecule has 28 heavy (non-hydrogen) atoms. The van der Waals surface area contributed by atoms with E-state index < -0.39 is 11.7 Å². The van der Waals surface area contributed by atoms with E-state index in [1.165, 1.54) is 37.4 Å². The van der Waals surface area contributed by atoms with Gasteiger partial charge in [0.05, 0.1) is 5.02 Å². The number of benzene rings is 2. The van der Waals surface area contributed by atoms with Crippen molar-refractivity contribution in [3.8, 4) is 0 Å². The smallest absolute Gasteiger partial charge is 0.274 e. The maximum atomic E-state index is 13.2. The highest BCUT2D eigenvalue weighted by molar-refractivity contribution is 6.31. The minimum Gasteiger partial charge on any atom is -0.326 e. The molecule has 0 saturated carbocycles. The number of anilines is 4. The van der Waals surface area contributed by atoms with Gasteiger partial charge < -0.3 is 16.0 Å². The first-order valence-electron chi connectivity index (χ1n) is 8.15. The minimum absolute atomic E-state index is 0.0436. The molecule has 0 spiro atoms. The van der Waals surface area contributed by atoms with Crippen LogP contribution in [0.25, 0.3) is 0 Å². The van der Waals surface area contributed by atoms with Gasteiger partial charge in [-0.2, -0.15) is 0 Å².